The molecule has 1 saturated heterocycles. The summed E-state index contributed by atoms with van der Waals surface area (Å²) in [5, 5.41) is 0.905. The quantitative estimate of drug-likeness (QED) is 0.666. The molecular formula is C21H21N3O5. The maximum absolute atomic E-state index is 13.0. The van der Waals surface area contributed by atoms with Gasteiger partial charge in [0.1, 0.15) is 18.5 Å². The molecule has 0 spiro atoms. The normalized spacial score (nSPS) is 16.6. The molecule has 0 saturated carbocycles. The summed E-state index contributed by atoms with van der Waals surface area (Å²) in [6.07, 6.45) is 4.40. The van der Waals surface area contributed by atoms with Crippen molar-refractivity contribution in [3.8, 4) is 5.75 Å². The molecule has 1 N–H and O–H groups in total. The van der Waals surface area contributed by atoms with Gasteiger partial charge in [-0.25, -0.2) is 4.79 Å². The molecule has 0 radical (unpaired) electrons. The van der Waals surface area contributed by atoms with Crippen LogP contribution in [0.15, 0.2) is 48.9 Å². The average molecular weight is 395 g/mol. The van der Waals surface area contributed by atoms with E-state index in [-0.39, 0.29) is 18.6 Å². The molecule has 0 bridgehead atoms. The lowest BCUT2D eigenvalue weighted by Gasteiger charge is -2.32. The van der Waals surface area contributed by atoms with Gasteiger partial charge in [-0.15, -0.1) is 0 Å². The van der Waals surface area contributed by atoms with Crippen LogP contribution in [-0.4, -0.2) is 66.3 Å². The van der Waals surface area contributed by atoms with Crippen LogP contribution in [0.2, 0.25) is 0 Å². The van der Waals surface area contributed by atoms with Crippen LogP contribution in [0, 0.1) is 0 Å². The summed E-state index contributed by atoms with van der Waals surface area (Å²) in [6, 6.07) is 9.29. The van der Waals surface area contributed by atoms with E-state index >= 15 is 0 Å². The summed E-state index contributed by atoms with van der Waals surface area (Å²) in [7, 11) is 1.31. The second-order valence-corrected chi connectivity index (χ2v) is 6.70. The zero-order valence-corrected chi connectivity index (χ0v) is 16.0. The second-order valence-electron chi connectivity index (χ2n) is 6.70. The number of para-hydroxylation sites is 1. The number of aromatic nitrogens is 2. The van der Waals surface area contributed by atoms with Crippen molar-refractivity contribution in [1.82, 2.24) is 14.9 Å². The number of aromatic amines is 1. The standard InChI is InChI=1S/C21H21N3O5/c1-27-21(26)14-8-15(10-22-9-14)29-13-16-12-24(6-7-28-16)20(25)18-11-23-19-5-3-2-4-17(18)19/h2-5,8-11,16,23H,6-7,12-13H2,1H3. The number of carbonyl (C=O) groups is 2. The molecule has 3 aromatic rings. The van der Waals surface area contributed by atoms with E-state index in [9.17, 15) is 9.59 Å². The molecule has 29 heavy (non-hydrogen) atoms. The Morgan fingerprint density at radius 3 is 3.03 bits per heavy atom. The minimum Gasteiger partial charge on any atom is -0.489 e. The monoisotopic (exact) mass is 395 g/mol. The molecule has 0 aliphatic carbocycles. The molecule has 1 atom stereocenters. The number of pyridine rings is 1. The van der Waals surface area contributed by atoms with E-state index in [2.05, 4.69) is 14.7 Å². The lowest BCUT2D eigenvalue weighted by atomic mass is 10.1. The van der Waals surface area contributed by atoms with Crippen molar-refractivity contribution in [2.75, 3.05) is 33.4 Å². The molecular weight excluding hydrogens is 374 g/mol. The molecule has 1 aliphatic rings. The number of ether oxygens (including phenoxy) is 3. The fraction of sp³-hybridized carbons (Fsp3) is 0.286. The van der Waals surface area contributed by atoms with Gasteiger partial charge in [-0.05, 0) is 12.1 Å². The van der Waals surface area contributed by atoms with Crippen molar-refractivity contribution in [2.24, 2.45) is 0 Å². The molecule has 1 aliphatic heterocycles. The number of morpholine rings is 1. The van der Waals surface area contributed by atoms with Crippen LogP contribution >= 0.6 is 0 Å². The maximum atomic E-state index is 13.0. The van der Waals surface area contributed by atoms with Crippen LogP contribution in [0.4, 0.5) is 0 Å². The van der Waals surface area contributed by atoms with Crippen molar-refractivity contribution in [2.45, 2.75) is 6.10 Å². The molecule has 8 nitrogen and oxygen atoms in total. The summed E-state index contributed by atoms with van der Waals surface area (Å²) in [4.78, 5) is 33.5. The third-order valence-corrected chi connectivity index (χ3v) is 4.82. The first-order valence-corrected chi connectivity index (χ1v) is 9.29. The van der Waals surface area contributed by atoms with E-state index in [0.717, 1.165) is 10.9 Å². The maximum Gasteiger partial charge on any atom is 0.339 e. The van der Waals surface area contributed by atoms with Gasteiger partial charge >= 0.3 is 5.97 Å². The Hall–Kier alpha value is -3.39. The number of fused-ring (bicyclic) bond motifs is 1. The van der Waals surface area contributed by atoms with Crippen LogP contribution in [0.25, 0.3) is 10.9 Å². The van der Waals surface area contributed by atoms with Gasteiger partial charge in [-0.1, -0.05) is 18.2 Å². The Balaban J connectivity index is 1.40. The van der Waals surface area contributed by atoms with E-state index < -0.39 is 5.97 Å². The number of hydrogen-bond donors (Lipinski definition) is 1. The predicted octanol–water partition coefficient (Wildman–Crippen LogP) is 2.27. The van der Waals surface area contributed by atoms with E-state index in [1.54, 1.807) is 17.2 Å². The number of esters is 1. The number of benzene rings is 1. The van der Waals surface area contributed by atoms with E-state index in [4.69, 9.17) is 9.47 Å². The van der Waals surface area contributed by atoms with Crippen molar-refractivity contribution in [3.63, 3.8) is 0 Å². The van der Waals surface area contributed by atoms with Gasteiger partial charge in [0.25, 0.3) is 5.91 Å². The van der Waals surface area contributed by atoms with Gasteiger partial charge in [-0.3, -0.25) is 9.78 Å². The Morgan fingerprint density at radius 2 is 2.17 bits per heavy atom. The minimum absolute atomic E-state index is 0.0369. The number of methoxy groups -OCH3 is 1. The fourth-order valence-electron chi connectivity index (χ4n) is 3.34. The first-order valence-electron chi connectivity index (χ1n) is 9.29. The van der Waals surface area contributed by atoms with Gasteiger partial charge in [0.05, 0.1) is 37.6 Å². The summed E-state index contributed by atoms with van der Waals surface area (Å²) < 4.78 is 16.2. The Bertz CT molecular complexity index is 1030. The van der Waals surface area contributed by atoms with Gasteiger partial charge < -0.3 is 24.1 Å². The molecule has 1 unspecified atom stereocenters. The lowest BCUT2D eigenvalue weighted by molar-refractivity contribution is -0.0401. The van der Waals surface area contributed by atoms with Gasteiger partial charge in [-0.2, -0.15) is 0 Å². The van der Waals surface area contributed by atoms with Gasteiger partial charge in [0.2, 0.25) is 0 Å². The largest absolute Gasteiger partial charge is 0.489 e. The SMILES string of the molecule is COC(=O)c1cncc(OCC2CN(C(=O)c3c[nH]c4ccccc34)CCO2)c1. The van der Waals surface area contributed by atoms with Crippen molar-refractivity contribution >= 4 is 22.8 Å². The zero-order valence-electron chi connectivity index (χ0n) is 16.0. The van der Waals surface area contributed by atoms with E-state index in [1.807, 2.05) is 24.3 Å². The first-order chi connectivity index (χ1) is 14.2. The highest BCUT2D eigenvalue weighted by Crippen LogP contribution is 2.21. The van der Waals surface area contributed by atoms with Crippen LogP contribution in [0.3, 0.4) is 0 Å². The summed E-state index contributed by atoms with van der Waals surface area (Å²) in [5.74, 6) is -0.0750. The van der Waals surface area contributed by atoms with E-state index in [0.29, 0.717) is 36.6 Å². The predicted molar refractivity (Wildman–Crippen MR) is 105 cm³/mol. The number of hydrogen-bond acceptors (Lipinski definition) is 6. The molecule has 1 amide bonds. The fourth-order valence-corrected chi connectivity index (χ4v) is 3.34. The smallest absolute Gasteiger partial charge is 0.339 e. The molecule has 1 aromatic carbocycles. The van der Waals surface area contributed by atoms with Gasteiger partial charge in [0, 0.05) is 29.8 Å². The number of H-pyrrole nitrogens is 1. The minimum atomic E-state index is -0.479. The average Bonchev–Trinajstić information content (AvgIpc) is 3.21. The Labute approximate surface area is 167 Å². The molecule has 2 aromatic heterocycles. The van der Waals surface area contributed by atoms with Crippen molar-refractivity contribution < 1.29 is 23.8 Å². The zero-order chi connectivity index (χ0) is 20.2. The highest BCUT2D eigenvalue weighted by atomic mass is 16.5. The molecule has 8 heteroatoms. The van der Waals surface area contributed by atoms with Gasteiger partial charge in [0.15, 0.2) is 0 Å². The highest BCUT2D eigenvalue weighted by molar-refractivity contribution is 6.06. The molecule has 150 valence electrons. The first kappa shape index (κ1) is 18.9. The van der Waals surface area contributed by atoms with Crippen LogP contribution in [0.5, 0.6) is 5.75 Å². The third kappa shape index (κ3) is 4.07. The van der Waals surface area contributed by atoms with Crippen LogP contribution in [0.1, 0.15) is 20.7 Å². The topological polar surface area (TPSA) is 93.8 Å². The Kier molecular flexibility index (Phi) is 5.44. The van der Waals surface area contributed by atoms with Crippen molar-refractivity contribution in [3.05, 3.63) is 60.0 Å². The Morgan fingerprint density at radius 1 is 1.31 bits per heavy atom. The summed E-state index contributed by atoms with van der Waals surface area (Å²) in [6.45, 7) is 1.61. The molecule has 3 heterocycles. The molecule has 4 rings (SSSR count). The highest BCUT2D eigenvalue weighted by Gasteiger charge is 2.27. The summed E-state index contributed by atoms with van der Waals surface area (Å²) in [5.41, 5.74) is 1.89. The number of nitrogens with zero attached hydrogens (tertiary/aromatic N) is 2. The van der Waals surface area contributed by atoms with Crippen LogP contribution < -0.4 is 4.74 Å². The van der Waals surface area contributed by atoms with Crippen molar-refractivity contribution in [1.29, 1.82) is 0 Å². The molecule has 1 fully saturated rings. The third-order valence-electron chi connectivity index (χ3n) is 4.82. The number of nitrogens with one attached hydrogen (secondary N) is 1. The number of rotatable bonds is 5. The van der Waals surface area contributed by atoms with Crippen LogP contribution in [-0.2, 0) is 9.47 Å². The number of amides is 1. The second kappa shape index (κ2) is 8.32. The lowest BCUT2D eigenvalue weighted by Crippen LogP contribution is -2.47. The summed E-state index contributed by atoms with van der Waals surface area (Å²) >= 11 is 0. The number of carbonyl (C=O) groups excluding carboxylic acids is 2. The van der Waals surface area contributed by atoms with E-state index in [1.165, 1.54) is 19.5 Å².